The van der Waals surface area contributed by atoms with Crippen molar-refractivity contribution in [3.63, 3.8) is 0 Å². The summed E-state index contributed by atoms with van der Waals surface area (Å²) in [5.74, 6) is 0.804. The number of esters is 1. The van der Waals surface area contributed by atoms with Crippen molar-refractivity contribution in [3.8, 4) is 5.75 Å². The minimum atomic E-state index is -0.808. The number of ether oxygens (including phenoxy) is 3. The van der Waals surface area contributed by atoms with Crippen molar-refractivity contribution >= 4 is 28.9 Å². The maximum Gasteiger partial charge on any atom is 0.328 e. The van der Waals surface area contributed by atoms with Gasteiger partial charge >= 0.3 is 12.0 Å². The number of urea groups is 1. The van der Waals surface area contributed by atoms with Gasteiger partial charge in [0.15, 0.2) is 11.9 Å². The lowest BCUT2D eigenvalue weighted by atomic mass is 9.78. The van der Waals surface area contributed by atoms with Gasteiger partial charge in [-0.2, -0.15) is 0 Å². The van der Waals surface area contributed by atoms with Gasteiger partial charge in [-0.1, -0.05) is 65.4 Å². The highest BCUT2D eigenvalue weighted by atomic mass is 32.2. The summed E-state index contributed by atoms with van der Waals surface area (Å²) >= 11 is 1.17. The third kappa shape index (κ3) is 12.2. The molecular formula is C30H50N2O6S. The molecule has 0 bridgehead atoms. The Morgan fingerprint density at radius 2 is 1.49 bits per heavy atom. The molecule has 0 aromatic heterocycles. The van der Waals surface area contributed by atoms with E-state index in [0.717, 1.165) is 22.4 Å². The van der Waals surface area contributed by atoms with Gasteiger partial charge < -0.3 is 24.4 Å². The van der Waals surface area contributed by atoms with Crippen LogP contribution in [0.2, 0.25) is 0 Å². The van der Waals surface area contributed by atoms with E-state index < -0.39 is 17.6 Å². The topological polar surface area (TPSA) is 94.2 Å². The monoisotopic (exact) mass is 566 g/mol. The van der Waals surface area contributed by atoms with Crippen LogP contribution < -0.4 is 10.1 Å². The minimum absolute atomic E-state index is 0.00577. The molecule has 222 valence electrons. The third-order valence-corrected chi connectivity index (χ3v) is 6.60. The molecule has 1 N–H and O–H groups in total. The molecule has 0 aliphatic carbocycles. The normalized spacial score (nSPS) is 13.0. The first-order valence-corrected chi connectivity index (χ1v) is 14.5. The maximum absolute atomic E-state index is 13.2. The Morgan fingerprint density at radius 1 is 0.949 bits per heavy atom. The summed E-state index contributed by atoms with van der Waals surface area (Å²) in [4.78, 5) is 38.8. The molecule has 1 aromatic rings. The molecule has 1 atom stereocenters. The summed E-state index contributed by atoms with van der Waals surface area (Å²) in [5.41, 5.74) is 2.20. The summed E-state index contributed by atoms with van der Waals surface area (Å²) in [6, 6.07) is 3.11. The molecule has 0 aliphatic heterocycles. The predicted molar refractivity (Wildman–Crippen MR) is 159 cm³/mol. The second-order valence-corrected chi connectivity index (χ2v) is 14.1. The van der Waals surface area contributed by atoms with E-state index in [-0.39, 0.29) is 28.8 Å². The number of rotatable bonds is 11. The second-order valence-electron chi connectivity index (χ2n) is 12.9. The lowest BCUT2D eigenvalue weighted by Gasteiger charge is -2.31. The first-order valence-electron chi connectivity index (χ1n) is 13.5. The predicted octanol–water partition coefficient (Wildman–Crippen LogP) is 5.83. The number of hydrogen-bond acceptors (Lipinski definition) is 7. The third-order valence-electron chi connectivity index (χ3n) is 5.81. The molecule has 0 spiro atoms. The average Bonchev–Trinajstić information content (AvgIpc) is 2.76. The zero-order valence-corrected chi connectivity index (χ0v) is 26.9. The van der Waals surface area contributed by atoms with Crippen LogP contribution in [0.25, 0.3) is 0 Å². The van der Waals surface area contributed by atoms with Gasteiger partial charge in [-0.3, -0.25) is 4.79 Å². The minimum Gasteiger partial charge on any atom is -0.467 e. The highest BCUT2D eigenvalue weighted by molar-refractivity contribution is 8.13. The zero-order valence-electron chi connectivity index (χ0n) is 26.1. The van der Waals surface area contributed by atoms with E-state index in [4.69, 9.17) is 14.2 Å². The summed E-state index contributed by atoms with van der Waals surface area (Å²) in [5, 5.41) is 2.76. The van der Waals surface area contributed by atoms with Gasteiger partial charge in [0.05, 0.1) is 0 Å². The van der Waals surface area contributed by atoms with Crippen LogP contribution >= 0.6 is 11.8 Å². The molecule has 9 heteroatoms. The largest absolute Gasteiger partial charge is 0.467 e. The molecule has 0 unspecified atom stereocenters. The first kappa shape index (κ1) is 34.8. The molecule has 0 heterocycles. The molecule has 0 aliphatic rings. The molecule has 8 nitrogen and oxygen atoms in total. The number of carbonyl (C=O) groups excluding carboxylic acids is 3. The highest BCUT2D eigenvalue weighted by Gasteiger charge is 2.29. The van der Waals surface area contributed by atoms with Gasteiger partial charge in [-0.25, -0.2) is 9.59 Å². The van der Waals surface area contributed by atoms with Crippen molar-refractivity contribution in [3.05, 3.63) is 28.8 Å². The van der Waals surface area contributed by atoms with Crippen LogP contribution in [-0.4, -0.2) is 66.4 Å². The van der Waals surface area contributed by atoms with E-state index >= 15 is 0 Å². The fourth-order valence-corrected chi connectivity index (χ4v) is 4.42. The van der Waals surface area contributed by atoms with Crippen molar-refractivity contribution in [1.82, 2.24) is 10.2 Å². The number of carbonyl (C=O) groups is 3. The Morgan fingerprint density at radius 3 is 1.92 bits per heavy atom. The van der Waals surface area contributed by atoms with E-state index in [9.17, 15) is 14.4 Å². The number of methoxy groups -OCH3 is 1. The number of benzene rings is 1. The fraction of sp³-hybridized carbons (Fsp3) is 0.700. The van der Waals surface area contributed by atoms with Crippen molar-refractivity contribution < 1.29 is 28.6 Å². The van der Waals surface area contributed by atoms with Crippen LogP contribution in [-0.2, 0) is 36.3 Å². The number of thioether (sulfide) groups is 1. The van der Waals surface area contributed by atoms with E-state index in [1.165, 1.54) is 18.7 Å². The van der Waals surface area contributed by atoms with Gasteiger partial charge in [-0.05, 0) is 50.5 Å². The summed E-state index contributed by atoms with van der Waals surface area (Å²) in [7, 11) is 1.61. The number of nitrogens with one attached hydrogen (secondary N) is 1. The Bertz CT molecular complexity index is 954. The summed E-state index contributed by atoms with van der Waals surface area (Å²) in [6.45, 7) is 22.3. The lowest BCUT2D eigenvalue weighted by Crippen LogP contribution is -2.49. The Labute approximate surface area is 239 Å². The number of amides is 2. The van der Waals surface area contributed by atoms with Crippen molar-refractivity contribution in [2.75, 3.05) is 32.7 Å². The van der Waals surface area contributed by atoms with Gasteiger partial charge in [0.1, 0.15) is 17.4 Å². The van der Waals surface area contributed by atoms with Crippen LogP contribution in [0.15, 0.2) is 12.1 Å². The van der Waals surface area contributed by atoms with Crippen molar-refractivity contribution in [2.24, 2.45) is 0 Å². The Balaban J connectivity index is 3.28. The number of hydrogen-bond donors (Lipinski definition) is 1. The molecule has 0 saturated heterocycles. The molecule has 39 heavy (non-hydrogen) atoms. The van der Waals surface area contributed by atoms with Crippen LogP contribution in [0.3, 0.4) is 0 Å². The number of nitrogens with zero attached hydrogens (tertiary/aromatic N) is 1. The molecule has 1 rings (SSSR count). The van der Waals surface area contributed by atoms with Gasteiger partial charge in [0.25, 0.3) is 0 Å². The second kappa shape index (κ2) is 14.4. The molecular weight excluding hydrogens is 516 g/mol. The van der Waals surface area contributed by atoms with E-state index in [1.54, 1.807) is 39.7 Å². The van der Waals surface area contributed by atoms with Gasteiger partial charge in [0, 0.05) is 44.0 Å². The van der Waals surface area contributed by atoms with Crippen molar-refractivity contribution in [1.29, 1.82) is 0 Å². The fourth-order valence-electron chi connectivity index (χ4n) is 3.82. The Kier molecular flexibility index (Phi) is 12.8. The molecule has 0 radical (unpaired) electrons. The van der Waals surface area contributed by atoms with Gasteiger partial charge in [0.2, 0.25) is 0 Å². The quantitative estimate of drug-likeness (QED) is 0.266. The van der Waals surface area contributed by atoms with Crippen LogP contribution in [0.1, 0.15) is 92.9 Å². The molecule has 1 aromatic carbocycles. The van der Waals surface area contributed by atoms with Crippen LogP contribution in [0, 0.1) is 0 Å². The van der Waals surface area contributed by atoms with E-state index in [0.29, 0.717) is 25.3 Å². The molecule has 2 amide bonds. The zero-order chi connectivity index (χ0) is 30.2. The summed E-state index contributed by atoms with van der Waals surface area (Å²) < 4.78 is 16.7. The standard InChI is InChI=1S/C30H50N2O6S/c1-20(26(34)38-30(9,10)11)31-27(35)32(15-16-39-21(2)33)14-13-22-17-23(28(3,4)5)25(37-19-36-12)24(18-22)29(6,7)8/h17-18,20H,13-16,19H2,1-12H3,(H,31,35)/t20-/m0/s1. The van der Waals surface area contributed by atoms with Crippen LogP contribution in [0.4, 0.5) is 4.79 Å². The Hall–Kier alpha value is -2.26. The SMILES string of the molecule is COCOc1c(C(C)(C)C)cc(CCN(CCSC(C)=O)C(=O)N[C@@H](C)C(=O)OC(C)(C)C)cc1C(C)(C)C. The molecule has 0 saturated carbocycles. The first-order chi connectivity index (χ1) is 17.8. The maximum atomic E-state index is 13.2. The molecule has 0 fully saturated rings. The van der Waals surface area contributed by atoms with Gasteiger partial charge in [-0.15, -0.1) is 0 Å². The lowest BCUT2D eigenvalue weighted by molar-refractivity contribution is -0.156. The summed E-state index contributed by atoms with van der Waals surface area (Å²) in [6.07, 6.45) is 0.593. The smallest absolute Gasteiger partial charge is 0.328 e. The van der Waals surface area contributed by atoms with E-state index in [2.05, 4.69) is 59.0 Å². The van der Waals surface area contributed by atoms with Crippen molar-refractivity contribution in [2.45, 2.75) is 105 Å². The highest BCUT2D eigenvalue weighted by Crippen LogP contribution is 2.41. The van der Waals surface area contributed by atoms with E-state index in [1.807, 2.05) is 0 Å². The average molecular weight is 567 g/mol. The van der Waals surface area contributed by atoms with Crippen LogP contribution in [0.5, 0.6) is 5.75 Å².